The van der Waals surface area contributed by atoms with Crippen LogP contribution in [-0.4, -0.2) is 40.7 Å². The summed E-state index contributed by atoms with van der Waals surface area (Å²) in [6, 6.07) is 6.85. The summed E-state index contributed by atoms with van der Waals surface area (Å²) in [5.74, 6) is 0.731. The Bertz CT molecular complexity index is 1020. The summed E-state index contributed by atoms with van der Waals surface area (Å²) >= 11 is 0. The number of nitrogens with two attached hydrogens (primary N) is 2. The monoisotopic (exact) mass is 494 g/mol. The second kappa shape index (κ2) is 9.68. The maximum atomic E-state index is 13.2. The number of hydrogen-bond donors (Lipinski definition) is 4. The Balaban J connectivity index is 1.25. The van der Waals surface area contributed by atoms with Gasteiger partial charge in [0, 0.05) is 0 Å². The van der Waals surface area contributed by atoms with E-state index >= 15 is 0 Å². The Morgan fingerprint density at radius 3 is 2.39 bits per heavy atom. The predicted octanol–water partition coefficient (Wildman–Crippen LogP) is 2.67. The Morgan fingerprint density at radius 2 is 1.81 bits per heavy atom. The highest BCUT2D eigenvalue weighted by Gasteiger charge is 2.62. The lowest BCUT2D eigenvalue weighted by Crippen LogP contribution is -2.65. The van der Waals surface area contributed by atoms with Gasteiger partial charge in [-0.05, 0) is 92.2 Å². The number of aromatic hydroxyl groups is 1. The third-order valence-electron chi connectivity index (χ3n) is 9.27. The van der Waals surface area contributed by atoms with Gasteiger partial charge >= 0.3 is 5.97 Å². The van der Waals surface area contributed by atoms with Gasteiger partial charge in [-0.1, -0.05) is 31.4 Å². The first kappa shape index (κ1) is 25.0. The molecule has 1 aromatic rings. The number of esters is 1. The van der Waals surface area contributed by atoms with Crippen LogP contribution in [0.2, 0.25) is 0 Å². The zero-order valence-corrected chi connectivity index (χ0v) is 20.8. The Morgan fingerprint density at radius 1 is 1.14 bits per heavy atom. The topological polar surface area (TPSA) is 151 Å². The number of carbonyl (C=O) groups excluding carboxylic acids is 2. The molecule has 194 valence electrons. The van der Waals surface area contributed by atoms with Crippen molar-refractivity contribution in [3.05, 3.63) is 29.8 Å². The Hall–Kier alpha value is -2.63. The summed E-state index contributed by atoms with van der Waals surface area (Å²) in [6.07, 6.45) is 9.40. The van der Waals surface area contributed by atoms with Crippen molar-refractivity contribution >= 4 is 11.9 Å². The molecule has 6 rings (SSSR count). The first-order valence-corrected chi connectivity index (χ1v) is 13.4. The number of amides is 1. The van der Waals surface area contributed by atoms with Crippen LogP contribution >= 0.6 is 0 Å². The minimum Gasteiger partial charge on any atom is -0.508 e. The molecule has 0 aromatic heterocycles. The van der Waals surface area contributed by atoms with E-state index in [-0.39, 0.29) is 11.7 Å². The Labute approximate surface area is 212 Å². The number of ether oxygens (including phenoxy) is 1. The molecule has 5 fully saturated rings. The zero-order valence-electron chi connectivity index (χ0n) is 20.8. The van der Waals surface area contributed by atoms with Crippen molar-refractivity contribution in [3.63, 3.8) is 0 Å². The summed E-state index contributed by atoms with van der Waals surface area (Å²) in [5.41, 5.74) is 12.7. The third kappa shape index (κ3) is 4.96. The molecule has 1 aromatic carbocycles. The van der Waals surface area contributed by atoms with Crippen molar-refractivity contribution in [3.8, 4) is 11.8 Å². The largest absolute Gasteiger partial charge is 0.508 e. The number of rotatable bonds is 9. The molecule has 6 N–H and O–H groups in total. The molecule has 5 saturated carbocycles. The number of nitriles is 1. The van der Waals surface area contributed by atoms with Gasteiger partial charge in [-0.25, -0.2) is 0 Å². The smallest absolute Gasteiger partial charge is 0.323 e. The van der Waals surface area contributed by atoms with Crippen LogP contribution in [0.15, 0.2) is 24.3 Å². The molecule has 1 amide bonds. The summed E-state index contributed by atoms with van der Waals surface area (Å²) < 4.78 is 6.19. The summed E-state index contributed by atoms with van der Waals surface area (Å²) in [4.78, 5) is 26.3. The number of nitrogens with zero attached hydrogens (tertiary/aromatic N) is 1. The minimum atomic E-state index is -0.807. The van der Waals surface area contributed by atoms with Crippen LogP contribution in [0.3, 0.4) is 0 Å². The van der Waals surface area contributed by atoms with E-state index in [1.54, 1.807) is 24.3 Å². The number of benzene rings is 1. The molecule has 36 heavy (non-hydrogen) atoms. The van der Waals surface area contributed by atoms with E-state index in [0.29, 0.717) is 37.0 Å². The summed E-state index contributed by atoms with van der Waals surface area (Å²) in [5, 5.41) is 22.0. The molecule has 8 nitrogen and oxygen atoms in total. The first-order chi connectivity index (χ1) is 17.2. The zero-order chi connectivity index (χ0) is 25.5. The number of nitrogens with one attached hydrogen (secondary N) is 1. The van der Waals surface area contributed by atoms with Gasteiger partial charge in [0.05, 0.1) is 12.1 Å². The molecular weight excluding hydrogens is 456 g/mol. The average Bonchev–Trinajstić information content (AvgIpc) is 2.80. The lowest BCUT2D eigenvalue weighted by atomic mass is 9.46. The van der Waals surface area contributed by atoms with Crippen LogP contribution in [0.4, 0.5) is 0 Å². The van der Waals surface area contributed by atoms with E-state index in [1.807, 2.05) is 0 Å². The van der Waals surface area contributed by atoms with Crippen LogP contribution in [0.5, 0.6) is 5.75 Å². The SMILES string of the molecule is N#CC(CC1CCC1)NC(=O)C(N)C12CC3CC(CC(OC(=O)C(N)Cc4ccc(O)cc4)(C3)C1)C2. The second-order valence-electron chi connectivity index (χ2n) is 12.1. The van der Waals surface area contributed by atoms with Crippen LogP contribution in [0.1, 0.15) is 69.8 Å². The maximum Gasteiger partial charge on any atom is 0.323 e. The normalized spacial score (nSPS) is 33.1. The fraction of sp³-hybridized carbons (Fsp3) is 0.679. The van der Waals surface area contributed by atoms with Crippen molar-refractivity contribution < 1.29 is 19.4 Å². The quantitative estimate of drug-likeness (QED) is 0.385. The van der Waals surface area contributed by atoms with Gasteiger partial charge < -0.3 is 26.6 Å². The highest BCUT2D eigenvalue weighted by atomic mass is 16.6. The fourth-order valence-corrected chi connectivity index (χ4v) is 7.74. The van der Waals surface area contributed by atoms with Gasteiger partial charge in [-0.2, -0.15) is 5.26 Å². The van der Waals surface area contributed by atoms with E-state index in [4.69, 9.17) is 16.2 Å². The van der Waals surface area contributed by atoms with E-state index < -0.39 is 35.1 Å². The van der Waals surface area contributed by atoms with Crippen LogP contribution in [0.25, 0.3) is 0 Å². The molecule has 8 heteroatoms. The first-order valence-electron chi connectivity index (χ1n) is 13.4. The van der Waals surface area contributed by atoms with Gasteiger partial charge in [0.25, 0.3) is 0 Å². The maximum absolute atomic E-state index is 13.2. The molecule has 0 heterocycles. The predicted molar refractivity (Wildman–Crippen MR) is 133 cm³/mol. The third-order valence-corrected chi connectivity index (χ3v) is 9.27. The Kier molecular flexibility index (Phi) is 6.73. The molecule has 0 saturated heterocycles. The molecule has 5 atom stereocenters. The van der Waals surface area contributed by atoms with Gasteiger partial charge in [-0.15, -0.1) is 0 Å². The summed E-state index contributed by atoms with van der Waals surface area (Å²) in [7, 11) is 0. The molecule has 0 aliphatic heterocycles. The lowest BCUT2D eigenvalue weighted by Gasteiger charge is -2.62. The number of hydrogen-bond acceptors (Lipinski definition) is 7. The second-order valence-corrected chi connectivity index (χ2v) is 12.1. The minimum absolute atomic E-state index is 0.165. The molecule has 4 bridgehead atoms. The highest BCUT2D eigenvalue weighted by Crippen LogP contribution is 2.63. The number of phenolic OH excluding ortho intramolecular Hbond substituents is 1. The molecule has 5 unspecified atom stereocenters. The van der Waals surface area contributed by atoms with Crippen LogP contribution in [0, 0.1) is 34.5 Å². The highest BCUT2D eigenvalue weighted by molar-refractivity contribution is 5.83. The van der Waals surface area contributed by atoms with Crippen molar-refractivity contribution in [2.24, 2.45) is 34.6 Å². The van der Waals surface area contributed by atoms with E-state index in [0.717, 1.165) is 50.5 Å². The van der Waals surface area contributed by atoms with Crippen molar-refractivity contribution in [2.45, 2.75) is 94.4 Å². The van der Waals surface area contributed by atoms with Gasteiger partial charge in [-0.3, -0.25) is 9.59 Å². The number of phenols is 1. The standard InChI is InChI=1S/C28H38N4O4/c29-15-21(9-17-2-1-3-17)32-25(34)24(31)27-11-19-8-20(12-27)14-28(13-19,16-27)36-26(35)23(30)10-18-4-6-22(33)7-5-18/h4-7,17,19-21,23-24,33H,1-3,8-14,16,30-31H2,(H,32,34). The van der Waals surface area contributed by atoms with Crippen LogP contribution < -0.4 is 16.8 Å². The molecule has 0 radical (unpaired) electrons. The fourth-order valence-electron chi connectivity index (χ4n) is 7.74. The summed E-state index contributed by atoms with van der Waals surface area (Å²) in [6.45, 7) is 0. The number of carbonyl (C=O) groups is 2. The molecule has 5 aliphatic rings. The average molecular weight is 495 g/mol. The molecular formula is C28H38N4O4. The van der Waals surface area contributed by atoms with Crippen molar-refractivity contribution in [2.75, 3.05) is 0 Å². The molecule has 5 aliphatic carbocycles. The van der Waals surface area contributed by atoms with Crippen molar-refractivity contribution in [1.29, 1.82) is 5.26 Å². The van der Waals surface area contributed by atoms with E-state index in [9.17, 15) is 20.0 Å². The van der Waals surface area contributed by atoms with E-state index in [2.05, 4.69) is 11.4 Å². The van der Waals surface area contributed by atoms with Crippen molar-refractivity contribution in [1.82, 2.24) is 5.32 Å². The lowest BCUT2D eigenvalue weighted by molar-refractivity contribution is -0.206. The van der Waals surface area contributed by atoms with Gasteiger partial charge in [0.1, 0.15) is 23.4 Å². The van der Waals surface area contributed by atoms with E-state index in [1.165, 1.54) is 6.42 Å². The van der Waals surface area contributed by atoms with Crippen LogP contribution in [-0.2, 0) is 20.7 Å². The van der Waals surface area contributed by atoms with Gasteiger partial charge in [0.2, 0.25) is 5.91 Å². The molecule has 0 spiro atoms. The van der Waals surface area contributed by atoms with Gasteiger partial charge in [0.15, 0.2) is 0 Å².